The maximum absolute atomic E-state index is 12.3. The molecule has 5 nitrogen and oxygen atoms in total. The highest BCUT2D eigenvalue weighted by molar-refractivity contribution is 7.92. The molecular formula is C16H23NO4S. The summed E-state index contributed by atoms with van der Waals surface area (Å²) in [4.78, 5) is 23.3. The van der Waals surface area contributed by atoms with Crippen molar-refractivity contribution in [2.75, 3.05) is 5.75 Å². The lowest BCUT2D eigenvalue weighted by atomic mass is 9.94. The maximum atomic E-state index is 12.3. The molecule has 0 aliphatic heterocycles. The van der Waals surface area contributed by atoms with E-state index in [1.807, 2.05) is 0 Å². The normalized spacial score (nSPS) is 13.5. The lowest BCUT2D eigenvalue weighted by Crippen LogP contribution is -2.36. The standard InChI is InChI=1S/C16H23NO4S/c1-11(18)10-22(20,21)14-9-7-6-8-13(14)12(2)17-15(19)16(3,4)5/h6-9,12H,10H2,1-5H3,(H,17,19)/t12-/m1/s1. The van der Waals surface area contributed by atoms with Crippen LogP contribution in [0.1, 0.15) is 46.2 Å². The predicted octanol–water partition coefficient (Wildman–Crippen LogP) is 2.27. The van der Waals surface area contributed by atoms with Crippen molar-refractivity contribution in [1.82, 2.24) is 5.32 Å². The van der Waals surface area contributed by atoms with E-state index in [4.69, 9.17) is 0 Å². The number of benzene rings is 1. The van der Waals surface area contributed by atoms with E-state index in [2.05, 4.69) is 5.32 Å². The summed E-state index contributed by atoms with van der Waals surface area (Å²) in [5.41, 5.74) is -0.0806. The highest BCUT2D eigenvalue weighted by Crippen LogP contribution is 2.25. The molecule has 1 amide bonds. The van der Waals surface area contributed by atoms with Gasteiger partial charge in [0.2, 0.25) is 5.91 Å². The van der Waals surface area contributed by atoms with E-state index in [9.17, 15) is 18.0 Å². The fourth-order valence-corrected chi connectivity index (χ4v) is 3.54. The number of ketones is 1. The fourth-order valence-electron chi connectivity index (χ4n) is 1.96. The minimum Gasteiger partial charge on any atom is -0.349 e. The van der Waals surface area contributed by atoms with Crippen LogP contribution < -0.4 is 5.32 Å². The number of nitrogens with one attached hydrogen (secondary N) is 1. The first-order valence-electron chi connectivity index (χ1n) is 7.07. The summed E-state index contributed by atoms with van der Waals surface area (Å²) >= 11 is 0. The molecule has 1 atom stereocenters. The first-order valence-corrected chi connectivity index (χ1v) is 8.72. The molecule has 0 spiro atoms. The Balaban J connectivity index is 3.17. The summed E-state index contributed by atoms with van der Waals surface area (Å²) in [5, 5.41) is 2.81. The van der Waals surface area contributed by atoms with E-state index < -0.39 is 32.8 Å². The first-order chi connectivity index (χ1) is 9.95. The molecule has 0 bridgehead atoms. The number of Topliss-reactive ketones (excluding diaryl/α,β-unsaturated/α-hetero) is 1. The Morgan fingerprint density at radius 3 is 2.23 bits per heavy atom. The summed E-state index contributed by atoms with van der Waals surface area (Å²) in [5.74, 6) is -1.12. The number of carbonyl (C=O) groups excluding carboxylic acids is 2. The van der Waals surface area contributed by atoms with Crippen LogP contribution in [0, 0.1) is 5.41 Å². The van der Waals surface area contributed by atoms with Gasteiger partial charge in [0, 0.05) is 5.41 Å². The number of hydrogen-bond acceptors (Lipinski definition) is 4. The third-order valence-electron chi connectivity index (χ3n) is 3.14. The Hall–Kier alpha value is -1.69. The van der Waals surface area contributed by atoms with Crippen molar-refractivity contribution >= 4 is 21.5 Å². The van der Waals surface area contributed by atoms with Crippen molar-refractivity contribution in [2.45, 2.75) is 45.6 Å². The molecule has 0 aliphatic carbocycles. The topological polar surface area (TPSA) is 80.3 Å². The zero-order valence-corrected chi connectivity index (χ0v) is 14.5. The van der Waals surface area contributed by atoms with Gasteiger partial charge in [0.05, 0.1) is 10.9 Å². The first kappa shape index (κ1) is 18.4. The van der Waals surface area contributed by atoms with Crippen molar-refractivity contribution in [1.29, 1.82) is 0 Å². The molecule has 122 valence electrons. The summed E-state index contributed by atoms with van der Waals surface area (Å²) in [7, 11) is -3.71. The monoisotopic (exact) mass is 325 g/mol. The summed E-state index contributed by atoms with van der Waals surface area (Å²) in [6, 6.07) is 5.97. The van der Waals surface area contributed by atoms with E-state index in [-0.39, 0.29) is 10.8 Å². The summed E-state index contributed by atoms with van der Waals surface area (Å²) < 4.78 is 24.6. The molecule has 1 rings (SSSR count). The van der Waals surface area contributed by atoms with Crippen LogP contribution in [0.25, 0.3) is 0 Å². The van der Waals surface area contributed by atoms with Crippen molar-refractivity contribution in [3.05, 3.63) is 29.8 Å². The highest BCUT2D eigenvalue weighted by Gasteiger charge is 2.26. The molecular weight excluding hydrogens is 302 g/mol. The number of hydrogen-bond donors (Lipinski definition) is 1. The van der Waals surface area contributed by atoms with Gasteiger partial charge < -0.3 is 5.32 Å². The SMILES string of the molecule is CC(=O)CS(=O)(=O)c1ccccc1[C@@H](C)NC(=O)C(C)(C)C. The molecule has 0 unspecified atom stereocenters. The quantitative estimate of drug-likeness (QED) is 0.900. The zero-order valence-electron chi connectivity index (χ0n) is 13.6. The fraction of sp³-hybridized carbons (Fsp3) is 0.500. The van der Waals surface area contributed by atoms with Gasteiger partial charge in [0.1, 0.15) is 11.5 Å². The van der Waals surface area contributed by atoms with Crippen molar-refractivity contribution in [2.24, 2.45) is 5.41 Å². The second-order valence-corrected chi connectivity index (χ2v) is 8.40. The Morgan fingerprint density at radius 2 is 1.73 bits per heavy atom. The van der Waals surface area contributed by atoms with Crippen LogP contribution in [0.4, 0.5) is 0 Å². The second-order valence-electron chi connectivity index (χ2n) is 6.44. The number of amides is 1. The van der Waals surface area contributed by atoms with E-state index >= 15 is 0 Å². The molecule has 0 aliphatic rings. The zero-order chi connectivity index (χ0) is 17.1. The van der Waals surface area contributed by atoms with Gasteiger partial charge in [0.25, 0.3) is 0 Å². The smallest absolute Gasteiger partial charge is 0.225 e. The number of sulfone groups is 1. The van der Waals surface area contributed by atoms with Gasteiger partial charge in [-0.2, -0.15) is 0 Å². The molecule has 22 heavy (non-hydrogen) atoms. The third kappa shape index (κ3) is 4.66. The number of rotatable bonds is 5. The van der Waals surface area contributed by atoms with Gasteiger partial charge in [-0.15, -0.1) is 0 Å². The minimum absolute atomic E-state index is 0.0897. The lowest BCUT2D eigenvalue weighted by Gasteiger charge is -2.23. The lowest BCUT2D eigenvalue weighted by molar-refractivity contribution is -0.129. The van der Waals surface area contributed by atoms with Crippen LogP contribution in [0.15, 0.2) is 29.2 Å². The third-order valence-corrected chi connectivity index (χ3v) is 4.97. The van der Waals surface area contributed by atoms with Crippen LogP contribution in [-0.4, -0.2) is 25.9 Å². The molecule has 0 saturated heterocycles. The van der Waals surface area contributed by atoms with Crippen LogP contribution in [0.3, 0.4) is 0 Å². The van der Waals surface area contributed by atoms with E-state index in [0.717, 1.165) is 0 Å². The number of carbonyl (C=O) groups is 2. The van der Waals surface area contributed by atoms with Crippen molar-refractivity contribution < 1.29 is 18.0 Å². The second kappa shape index (κ2) is 6.60. The predicted molar refractivity (Wildman–Crippen MR) is 85.2 cm³/mol. The minimum atomic E-state index is -3.71. The molecule has 1 N–H and O–H groups in total. The van der Waals surface area contributed by atoms with E-state index in [1.165, 1.54) is 13.0 Å². The molecule has 6 heteroatoms. The Labute approximate surface area is 132 Å². The Kier molecular flexibility index (Phi) is 5.51. The largest absolute Gasteiger partial charge is 0.349 e. The maximum Gasteiger partial charge on any atom is 0.225 e. The van der Waals surface area contributed by atoms with Crippen molar-refractivity contribution in [3.63, 3.8) is 0 Å². The molecule has 0 fully saturated rings. The van der Waals surface area contributed by atoms with Gasteiger partial charge >= 0.3 is 0 Å². The molecule has 1 aromatic rings. The summed E-state index contributed by atoms with van der Waals surface area (Å²) in [6.45, 7) is 8.32. The van der Waals surface area contributed by atoms with Crippen LogP contribution in [0.2, 0.25) is 0 Å². The Bertz CT molecular complexity index is 672. The van der Waals surface area contributed by atoms with E-state index in [1.54, 1.807) is 45.9 Å². The van der Waals surface area contributed by atoms with Gasteiger partial charge in [-0.05, 0) is 25.5 Å². The highest BCUT2D eigenvalue weighted by atomic mass is 32.2. The molecule has 0 heterocycles. The van der Waals surface area contributed by atoms with Gasteiger partial charge in [0.15, 0.2) is 9.84 Å². The molecule has 1 aromatic carbocycles. The van der Waals surface area contributed by atoms with Gasteiger partial charge in [-0.1, -0.05) is 39.0 Å². The molecule has 0 aromatic heterocycles. The van der Waals surface area contributed by atoms with E-state index in [0.29, 0.717) is 5.56 Å². The van der Waals surface area contributed by atoms with Gasteiger partial charge in [-0.3, -0.25) is 9.59 Å². The van der Waals surface area contributed by atoms with Crippen molar-refractivity contribution in [3.8, 4) is 0 Å². The van der Waals surface area contributed by atoms with Gasteiger partial charge in [-0.25, -0.2) is 8.42 Å². The average Bonchev–Trinajstić information content (AvgIpc) is 2.36. The van der Waals surface area contributed by atoms with Crippen LogP contribution in [-0.2, 0) is 19.4 Å². The Morgan fingerprint density at radius 1 is 1.18 bits per heavy atom. The molecule has 0 radical (unpaired) electrons. The van der Waals surface area contributed by atoms with Crippen LogP contribution >= 0.6 is 0 Å². The molecule has 0 saturated carbocycles. The summed E-state index contributed by atoms with van der Waals surface area (Å²) in [6.07, 6.45) is 0. The average molecular weight is 325 g/mol. The van der Waals surface area contributed by atoms with Crippen LogP contribution in [0.5, 0.6) is 0 Å².